The van der Waals surface area contributed by atoms with Gasteiger partial charge in [0.25, 0.3) is 0 Å². The van der Waals surface area contributed by atoms with Gasteiger partial charge in [-0.15, -0.1) is 0 Å². The topological polar surface area (TPSA) is 56.5 Å². The van der Waals surface area contributed by atoms with E-state index in [1.165, 1.54) is 0 Å². The molecule has 2 rings (SSSR count). The van der Waals surface area contributed by atoms with Gasteiger partial charge in [-0.1, -0.05) is 37.3 Å². The normalized spacial score (nSPS) is 12.0. The lowest BCUT2D eigenvalue weighted by Gasteiger charge is -2.19. The third-order valence-electron chi connectivity index (χ3n) is 3.30. The summed E-state index contributed by atoms with van der Waals surface area (Å²) in [7, 11) is 1.66. The number of hydrogen-bond acceptors (Lipinski definition) is 4. The largest absolute Gasteiger partial charge is 0.496 e. The minimum Gasteiger partial charge on any atom is -0.496 e. The Kier molecular flexibility index (Phi) is 5.60. The quantitative estimate of drug-likeness (QED) is 0.607. The first-order chi connectivity index (χ1) is 10.3. The van der Waals surface area contributed by atoms with Crippen LogP contribution in [0.3, 0.4) is 0 Å². The number of rotatable bonds is 7. The van der Waals surface area contributed by atoms with Crippen molar-refractivity contribution in [2.75, 3.05) is 13.7 Å². The summed E-state index contributed by atoms with van der Waals surface area (Å²) >= 11 is 0. The highest BCUT2D eigenvalue weighted by molar-refractivity contribution is 5.42. The van der Waals surface area contributed by atoms with Crippen LogP contribution in [0.5, 0.6) is 11.5 Å². The van der Waals surface area contributed by atoms with Gasteiger partial charge in [0.1, 0.15) is 11.5 Å². The summed E-state index contributed by atoms with van der Waals surface area (Å²) in [6.45, 7) is 2.81. The number of benzene rings is 2. The summed E-state index contributed by atoms with van der Waals surface area (Å²) in [6, 6.07) is 15.7. The van der Waals surface area contributed by atoms with Crippen LogP contribution in [0, 0.1) is 0 Å². The maximum atomic E-state index is 5.74. The lowest BCUT2D eigenvalue weighted by molar-refractivity contribution is 0.317. The predicted molar refractivity (Wildman–Crippen MR) is 84.4 cm³/mol. The van der Waals surface area contributed by atoms with Crippen molar-refractivity contribution in [3.05, 3.63) is 59.7 Å². The van der Waals surface area contributed by atoms with E-state index < -0.39 is 0 Å². The molecule has 3 N–H and O–H groups in total. The van der Waals surface area contributed by atoms with Gasteiger partial charge in [0.2, 0.25) is 0 Å². The van der Waals surface area contributed by atoms with Gasteiger partial charge in [0, 0.05) is 5.56 Å². The van der Waals surface area contributed by atoms with Crippen LogP contribution in [0.1, 0.15) is 30.5 Å². The molecule has 0 aliphatic rings. The van der Waals surface area contributed by atoms with Crippen LogP contribution < -0.4 is 20.7 Å². The molecule has 21 heavy (non-hydrogen) atoms. The van der Waals surface area contributed by atoms with E-state index in [1.54, 1.807) is 7.11 Å². The Bertz CT molecular complexity index is 555. The minimum absolute atomic E-state index is 0.124. The number of hydrazine groups is 1. The van der Waals surface area contributed by atoms with Crippen molar-refractivity contribution in [3.63, 3.8) is 0 Å². The lowest BCUT2D eigenvalue weighted by atomic mass is 9.98. The molecule has 4 nitrogen and oxygen atoms in total. The monoisotopic (exact) mass is 286 g/mol. The third kappa shape index (κ3) is 3.74. The molecule has 0 aliphatic carbocycles. The van der Waals surface area contributed by atoms with E-state index in [4.69, 9.17) is 15.3 Å². The van der Waals surface area contributed by atoms with Crippen molar-refractivity contribution < 1.29 is 9.47 Å². The van der Waals surface area contributed by atoms with Gasteiger partial charge in [-0.3, -0.25) is 5.84 Å². The van der Waals surface area contributed by atoms with Gasteiger partial charge in [-0.05, 0) is 30.2 Å². The van der Waals surface area contributed by atoms with Crippen LogP contribution in [0.4, 0.5) is 0 Å². The maximum absolute atomic E-state index is 5.74. The number of para-hydroxylation sites is 1. The first kappa shape index (κ1) is 15.4. The second kappa shape index (κ2) is 7.67. The molecule has 2 aromatic carbocycles. The highest BCUT2D eigenvalue weighted by atomic mass is 16.5. The Morgan fingerprint density at radius 2 is 1.81 bits per heavy atom. The molecule has 0 aromatic heterocycles. The van der Waals surface area contributed by atoms with Gasteiger partial charge in [-0.2, -0.15) is 0 Å². The highest BCUT2D eigenvalue weighted by Gasteiger charge is 2.16. The summed E-state index contributed by atoms with van der Waals surface area (Å²) in [5.74, 6) is 7.43. The Morgan fingerprint density at radius 3 is 2.43 bits per heavy atom. The number of nitrogens with one attached hydrogen (secondary N) is 1. The fourth-order valence-corrected chi connectivity index (χ4v) is 2.25. The molecule has 2 aromatic rings. The molecule has 4 heteroatoms. The Hall–Kier alpha value is -2.04. The molecule has 0 saturated carbocycles. The second-order valence-electron chi connectivity index (χ2n) is 4.76. The number of nitrogens with two attached hydrogens (primary N) is 1. The second-order valence-corrected chi connectivity index (χ2v) is 4.76. The molecular formula is C17H22N2O2. The molecule has 0 amide bonds. The van der Waals surface area contributed by atoms with E-state index in [2.05, 4.69) is 12.3 Å². The van der Waals surface area contributed by atoms with Crippen molar-refractivity contribution in [3.8, 4) is 11.5 Å². The van der Waals surface area contributed by atoms with Gasteiger partial charge >= 0.3 is 0 Å². The summed E-state index contributed by atoms with van der Waals surface area (Å²) in [6.07, 6.45) is 0.996. The lowest BCUT2D eigenvalue weighted by Crippen LogP contribution is -2.29. The Labute approximate surface area is 125 Å². The first-order valence-corrected chi connectivity index (χ1v) is 7.12. The molecule has 112 valence electrons. The zero-order valence-corrected chi connectivity index (χ0v) is 12.5. The van der Waals surface area contributed by atoms with E-state index in [1.807, 2.05) is 48.5 Å². The van der Waals surface area contributed by atoms with Gasteiger partial charge in [0.15, 0.2) is 0 Å². The smallest absolute Gasteiger partial charge is 0.124 e. The van der Waals surface area contributed by atoms with E-state index in [-0.39, 0.29) is 6.04 Å². The molecule has 0 saturated heterocycles. The number of ether oxygens (including phenoxy) is 2. The molecule has 1 unspecified atom stereocenters. The van der Waals surface area contributed by atoms with Crippen LogP contribution in [0.15, 0.2) is 48.5 Å². The van der Waals surface area contributed by atoms with Crippen LogP contribution in [-0.4, -0.2) is 13.7 Å². The van der Waals surface area contributed by atoms with Crippen molar-refractivity contribution in [2.24, 2.45) is 5.84 Å². The van der Waals surface area contributed by atoms with Crippen molar-refractivity contribution in [1.82, 2.24) is 5.43 Å². The molecule has 0 heterocycles. The minimum atomic E-state index is -0.124. The zero-order valence-electron chi connectivity index (χ0n) is 12.5. The van der Waals surface area contributed by atoms with Gasteiger partial charge in [0.05, 0.1) is 19.8 Å². The zero-order chi connectivity index (χ0) is 15.1. The van der Waals surface area contributed by atoms with Crippen LogP contribution in [0.25, 0.3) is 0 Å². The average molecular weight is 286 g/mol. The van der Waals surface area contributed by atoms with Crippen LogP contribution in [-0.2, 0) is 0 Å². The van der Waals surface area contributed by atoms with Crippen LogP contribution in [0.2, 0.25) is 0 Å². The fraction of sp³-hybridized carbons (Fsp3) is 0.294. The number of hydrogen-bond donors (Lipinski definition) is 2. The summed E-state index contributed by atoms with van der Waals surface area (Å²) < 4.78 is 11.0. The predicted octanol–water partition coefficient (Wildman–Crippen LogP) is 3.04. The molecule has 0 fully saturated rings. The molecule has 0 radical (unpaired) electrons. The maximum Gasteiger partial charge on any atom is 0.124 e. The van der Waals surface area contributed by atoms with Crippen molar-refractivity contribution in [1.29, 1.82) is 0 Å². The molecule has 0 bridgehead atoms. The van der Waals surface area contributed by atoms with Crippen LogP contribution >= 0.6 is 0 Å². The molecule has 0 spiro atoms. The Balaban J connectivity index is 2.24. The summed E-state index contributed by atoms with van der Waals surface area (Å²) in [5.41, 5.74) is 4.92. The Morgan fingerprint density at radius 1 is 1.10 bits per heavy atom. The van der Waals surface area contributed by atoms with E-state index >= 15 is 0 Å². The molecular weight excluding hydrogens is 264 g/mol. The number of methoxy groups -OCH3 is 1. The molecule has 0 aliphatic heterocycles. The van der Waals surface area contributed by atoms with E-state index in [0.29, 0.717) is 0 Å². The first-order valence-electron chi connectivity index (χ1n) is 7.12. The molecule has 1 atom stereocenters. The van der Waals surface area contributed by atoms with Crippen molar-refractivity contribution in [2.45, 2.75) is 19.4 Å². The van der Waals surface area contributed by atoms with Gasteiger partial charge < -0.3 is 9.47 Å². The SMILES string of the molecule is CCCOc1ccc(C(NN)c2ccccc2OC)cc1. The third-order valence-corrected chi connectivity index (χ3v) is 3.30. The summed E-state index contributed by atoms with van der Waals surface area (Å²) in [5, 5.41) is 0. The van der Waals surface area contributed by atoms with E-state index in [9.17, 15) is 0 Å². The average Bonchev–Trinajstić information content (AvgIpc) is 2.55. The summed E-state index contributed by atoms with van der Waals surface area (Å²) in [4.78, 5) is 0. The standard InChI is InChI=1S/C17H22N2O2/c1-3-12-21-14-10-8-13(9-11-14)17(19-18)15-6-4-5-7-16(15)20-2/h4-11,17,19H,3,12,18H2,1-2H3. The van der Waals surface area contributed by atoms with Gasteiger partial charge in [-0.25, -0.2) is 5.43 Å². The van der Waals surface area contributed by atoms with E-state index in [0.717, 1.165) is 35.7 Å². The highest BCUT2D eigenvalue weighted by Crippen LogP contribution is 2.30. The fourth-order valence-electron chi connectivity index (χ4n) is 2.25. The van der Waals surface area contributed by atoms with Crippen molar-refractivity contribution >= 4 is 0 Å².